The fraction of sp³-hybridized carbons (Fsp3) is 0.438. The van der Waals surface area contributed by atoms with E-state index in [0.29, 0.717) is 35.6 Å². The Hall–Kier alpha value is -3.80. The highest BCUT2D eigenvalue weighted by Crippen LogP contribution is 2.43. The molecule has 43 heavy (non-hydrogen) atoms. The van der Waals surface area contributed by atoms with E-state index in [9.17, 15) is 14.4 Å². The van der Waals surface area contributed by atoms with Crippen LogP contribution in [0.3, 0.4) is 0 Å². The van der Waals surface area contributed by atoms with Crippen LogP contribution in [0.5, 0.6) is 5.75 Å². The number of carbonyl (C=O) groups excluding carboxylic acids is 3. The summed E-state index contributed by atoms with van der Waals surface area (Å²) < 4.78 is 11.2. The van der Waals surface area contributed by atoms with Gasteiger partial charge in [0.25, 0.3) is 11.8 Å². The van der Waals surface area contributed by atoms with Gasteiger partial charge in [-0.1, -0.05) is 26.2 Å². The van der Waals surface area contributed by atoms with Crippen LogP contribution in [0.25, 0.3) is 21.6 Å². The third-order valence-corrected chi connectivity index (χ3v) is 8.25. The van der Waals surface area contributed by atoms with Crippen LogP contribution >= 0.6 is 11.3 Å². The number of pyridine rings is 1. The largest absolute Gasteiger partial charge is 0.493 e. The lowest BCUT2D eigenvalue weighted by Gasteiger charge is -2.24. The number of nitrogens with two attached hydrogens (primary N) is 1. The molecule has 5 N–H and O–H groups in total. The highest BCUT2D eigenvalue weighted by molar-refractivity contribution is 7.13. The molecular formula is C32H42N4O6S. The van der Waals surface area contributed by atoms with Crippen molar-refractivity contribution in [1.82, 2.24) is 15.6 Å². The molecule has 2 aromatic heterocycles. The van der Waals surface area contributed by atoms with E-state index in [4.69, 9.17) is 14.6 Å². The van der Waals surface area contributed by atoms with Gasteiger partial charge in [0.05, 0.1) is 13.7 Å². The van der Waals surface area contributed by atoms with Crippen molar-refractivity contribution in [2.24, 2.45) is 5.73 Å². The Morgan fingerprint density at radius 1 is 1.05 bits per heavy atom. The first-order chi connectivity index (χ1) is 21.0. The summed E-state index contributed by atoms with van der Waals surface area (Å²) in [5, 5.41) is 15.1. The number of carbonyl (C=O) groups is 3. The number of thiophene rings is 1. The highest BCUT2D eigenvalue weighted by Gasteiger charge is 2.28. The predicted molar refractivity (Wildman–Crippen MR) is 169 cm³/mol. The van der Waals surface area contributed by atoms with E-state index in [1.54, 1.807) is 23.5 Å². The lowest BCUT2D eigenvalue weighted by atomic mass is 9.92. The Kier molecular flexibility index (Phi) is 13.1. The number of rotatable bonds is 7. The minimum atomic E-state index is -0.690. The second kappa shape index (κ2) is 16.7. The second-order valence-corrected chi connectivity index (χ2v) is 10.8. The number of ether oxygens (including phenoxy) is 2. The van der Waals surface area contributed by atoms with Crippen molar-refractivity contribution in [3.05, 3.63) is 58.2 Å². The number of hydrogen-bond acceptors (Lipinski definition) is 9. The molecule has 10 nitrogen and oxygen atoms in total. The number of hydrogen-bond donors (Lipinski definition) is 4. The number of benzene rings is 1. The average molecular weight is 611 g/mol. The number of nitrogens with zero attached hydrogens (tertiary/aromatic N) is 1. The molecule has 2 amide bonds. The van der Waals surface area contributed by atoms with Crippen LogP contribution in [-0.2, 0) is 11.2 Å². The van der Waals surface area contributed by atoms with Crippen molar-refractivity contribution >= 4 is 29.1 Å². The summed E-state index contributed by atoms with van der Waals surface area (Å²) >= 11 is 1.62. The lowest BCUT2D eigenvalue weighted by Crippen LogP contribution is -2.36. The van der Waals surface area contributed by atoms with Gasteiger partial charge in [0, 0.05) is 53.2 Å². The number of nitrogens with one attached hydrogen (secondary N) is 2. The molecule has 3 heterocycles. The fourth-order valence-corrected chi connectivity index (χ4v) is 6.20. The van der Waals surface area contributed by atoms with Gasteiger partial charge in [-0.25, -0.2) is 9.78 Å². The minimum absolute atomic E-state index is 0.0289. The molecule has 1 aromatic carbocycles. The maximum Gasteiger partial charge on any atom is 0.357 e. The molecule has 1 fully saturated rings. The third-order valence-electron chi connectivity index (χ3n) is 7.26. The Morgan fingerprint density at radius 3 is 2.49 bits per heavy atom. The van der Waals surface area contributed by atoms with E-state index in [2.05, 4.69) is 32.8 Å². The zero-order valence-corrected chi connectivity index (χ0v) is 26.1. The number of aliphatic hydroxyl groups is 1. The van der Waals surface area contributed by atoms with Crippen LogP contribution in [0.2, 0.25) is 0 Å². The van der Waals surface area contributed by atoms with Crippen molar-refractivity contribution in [2.75, 3.05) is 34.4 Å². The average Bonchev–Trinajstić information content (AvgIpc) is 3.46. The minimum Gasteiger partial charge on any atom is -0.493 e. The van der Waals surface area contributed by atoms with Crippen LogP contribution in [0.1, 0.15) is 82.3 Å². The van der Waals surface area contributed by atoms with E-state index in [-0.39, 0.29) is 29.2 Å². The summed E-state index contributed by atoms with van der Waals surface area (Å²) in [5.41, 5.74) is 7.97. The molecule has 0 bridgehead atoms. The van der Waals surface area contributed by atoms with Crippen molar-refractivity contribution in [1.29, 1.82) is 0 Å². The molecule has 0 radical (unpaired) electrons. The van der Waals surface area contributed by atoms with Gasteiger partial charge in [0.1, 0.15) is 11.4 Å². The van der Waals surface area contributed by atoms with Gasteiger partial charge in [0.2, 0.25) is 0 Å². The summed E-state index contributed by atoms with van der Waals surface area (Å²) in [4.78, 5) is 44.8. The lowest BCUT2D eigenvalue weighted by molar-refractivity contribution is 0.0594. The summed E-state index contributed by atoms with van der Waals surface area (Å²) in [5.74, 6) is -0.631. The van der Waals surface area contributed by atoms with E-state index < -0.39 is 5.97 Å². The molecule has 0 saturated heterocycles. The summed E-state index contributed by atoms with van der Waals surface area (Å²) in [6.45, 7) is 2.95. The standard InChI is InChI=1S/C30H33N3O5S.CH5N.CH4O/c1-3-13-31-29(35)24-10-9-20(26(33-24)30(36)37-2)21-17-25-23(27-18(11-14-38-25)12-15-39-27)16-22(21)28(34)32-19-7-5-4-6-8-19;2*1-2/h9-10,12,15-17,19H,3-8,11,13-14H2,1-2H3,(H,31,35)(H,32,34);2H2,1H3;2H,1H3. The van der Waals surface area contributed by atoms with Crippen LogP contribution < -0.4 is 21.1 Å². The molecule has 5 rings (SSSR count). The van der Waals surface area contributed by atoms with Gasteiger partial charge in [0.15, 0.2) is 5.69 Å². The Morgan fingerprint density at radius 2 is 1.79 bits per heavy atom. The maximum absolute atomic E-state index is 13.8. The summed E-state index contributed by atoms with van der Waals surface area (Å²) in [6.07, 6.45) is 6.79. The molecule has 3 aromatic rings. The molecule has 1 aliphatic carbocycles. The molecule has 232 valence electrons. The first-order valence-corrected chi connectivity index (χ1v) is 15.5. The summed E-state index contributed by atoms with van der Waals surface area (Å²) in [6, 6.07) is 9.11. The second-order valence-electron chi connectivity index (χ2n) is 9.92. The molecule has 2 aliphatic rings. The summed E-state index contributed by atoms with van der Waals surface area (Å²) in [7, 11) is 3.77. The van der Waals surface area contributed by atoms with Crippen molar-refractivity contribution in [2.45, 2.75) is 57.9 Å². The zero-order valence-electron chi connectivity index (χ0n) is 25.3. The Bertz CT molecular complexity index is 1400. The first-order valence-electron chi connectivity index (χ1n) is 14.6. The van der Waals surface area contributed by atoms with Crippen LogP contribution in [0.15, 0.2) is 35.7 Å². The third kappa shape index (κ3) is 7.98. The fourth-order valence-electron chi connectivity index (χ4n) is 5.22. The molecule has 0 unspecified atom stereocenters. The molecule has 1 saturated carbocycles. The molecule has 0 atom stereocenters. The van der Waals surface area contributed by atoms with E-state index >= 15 is 0 Å². The van der Waals surface area contributed by atoms with Gasteiger partial charge < -0.3 is 30.9 Å². The number of amides is 2. The van der Waals surface area contributed by atoms with Crippen molar-refractivity contribution in [3.63, 3.8) is 0 Å². The number of fused-ring (bicyclic) bond motifs is 3. The number of esters is 1. The van der Waals surface area contributed by atoms with E-state index in [1.807, 2.05) is 19.1 Å². The Balaban J connectivity index is 0.00000121. The van der Waals surface area contributed by atoms with Gasteiger partial charge in [-0.05, 0) is 67.6 Å². The predicted octanol–water partition coefficient (Wildman–Crippen LogP) is 4.58. The zero-order chi connectivity index (χ0) is 31.4. The van der Waals surface area contributed by atoms with Gasteiger partial charge >= 0.3 is 5.97 Å². The van der Waals surface area contributed by atoms with E-state index in [1.165, 1.54) is 26.1 Å². The molecule has 11 heteroatoms. The van der Waals surface area contributed by atoms with Crippen LogP contribution in [0.4, 0.5) is 0 Å². The van der Waals surface area contributed by atoms with Crippen molar-refractivity contribution in [3.8, 4) is 27.3 Å². The van der Waals surface area contributed by atoms with Gasteiger partial charge in [-0.2, -0.15) is 0 Å². The maximum atomic E-state index is 13.8. The monoisotopic (exact) mass is 610 g/mol. The smallest absolute Gasteiger partial charge is 0.357 e. The molecule has 0 spiro atoms. The Labute approximate surface area is 257 Å². The number of aliphatic hydroxyl groups excluding tert-OH is 1. The van der Waals surface area contributed by atoms with Crippen molar-refractivity contribution < 1.29 is 29.0 Å². The molecular weight excluding hydrogens is 568 g/mol. The SMILES string of the molecule is CCCNC(=O)c1ccc(-c2cc3c(cc2C(=O)NC2CCCCC2)-c2sccc2CCO3)c(C(=O)OC)n1.CN.CO. The number of aromatic nitrogens is 1. The molecule has 1 aliphatic heterocycles. The first kappa shape index (κ1) is 33.7. The normalized spacial score (nSPS) is 13.7. The van der Waals surface area contributed by atoms with Gasteiger partial charge in [-0.15, -0.1) is 11.3 Å². The highest BCUT2D eigenvalue weighted by atomic mass is 32.1. The quantitative estimate of drug-likeness (QED) is 0.284. The number of methoxy groups -OCH3 is 1. The van der Waals surface area contributed by atoms with Gasteiger partial charge in [-0.3, -0.25) is 9.59 Å². The van der Waals surface area contributed by atoms with Crippen LogP contribution in [-0.4, -0.2) is 68.3 Å². The van der Waals surface area contributed by atoms with Crippen LogP contribution in [0, 0.1) is 0 Å². The van der Waals surface area contributed by atoms with E-state index in [0.717, 1.165) is 56.1 Å². The topological polar surface area (TPSA) is 153 Å².